The van der Waals surface area contributed by atoms with Crippen molar-refractivity contribution in [2.75, 3.05) is 0 Å². The average Bonchev–Trinajstić information content (AvgIpc) is 3.36. The minimum atomic E-state index is 0.997. The second-order valence-electron chi connectivity index (χ2n) is 10.1. The third kappa shape index (κ3) is 3.03. The fourth-order valence-corrected chi connectivity index (χ4v) is 6.48. The van der Waals surface area contributed by atoms with Gasteiger partial charge in [0.2, 0.25) is 0 Å². The molecular formula is C37H24. The summed E-state index contributed by atoms with van der Waals surface area (Å²) >= 11 is 0. The summed E-state index contributed by atoms with van der Waals surface area (Å²) in [6, 6.07) is 49.1. The van der Waals surface area contributed by atoms with Gasteiger partial charge in [-0.2, -0.15) is 0 Å². The lowest BCUT2D eigenvalue weighted by Gasteiger charge is -2.15. The highest BCUT2D eigenvalue weighted by molar-refractivity contribution is 6.28. The summed E-state index contributed by atoms with van der Waals surface area (Å²) in [4.78, 5) is 0. The molecule has 0 N–H and O–H groups in total. The lowest BCUT2D eigenvalue weighted by atomic mass is 9.88. The highest BCUT2D eigenvalue weighted by atomic mass is 14.2. The van der Waals surface area contributed by atoms with E-state index in [4.69, 9.17) is 0 Å². The SMILES string of the molecule is c1cc(-c2cccc3c2Cc2ccccc2-3)cc(-c2cccc3c4ccccc4c4ccccc4c23)c1. The van der Waals surface area contributed by atoms with E-state index in [1.54, 1.807) is 0 Å². The van der Waals surface area contributed by atoms with E-state index in [-0.39, 0.29) is 0 Å². The molecule has 37 heavy (non-hydrogen) atoms. The molecule has 0 fully saturated rings. The molecule has 0 amide bonds. The maximum absolute atomic E-state index is 2.39. The van der Waals surface area contributed by atoms with Gasteiger partial charge in [0, 0.05) is 0 Å². The summed E-state index contributed by atoms with van der Waals surface area (Å²) in [6.45, 7) is 0. The first-order valence-electron chi connectivity index (χ1n) is 13.0. The molecule has 0 aliphatic heterocycles. The minimum Gasteiger partial charge on any atom is -0.0619 e. The van der Waals surface area contributed by atoms with Crippen LogP contribution < -0.4 is 0 Å². The Morgan fingerprint density at radius 3 is 1.62 bits per heavy atom. The van der Waals surface area contributed by atoms with Crippen molar-refractivity contribution in [2.24, 2.45) is 0 Å². The summed E-state index contributed by atoms with van der Waals surface area (Å²) in [5, 5.41) is 7.90. The monoisotopic (exact) mass is 468 g/mol. The largest absolute Gasteiger partial charge is 0.0619 e. The Balaban J connectivity index is 1.37. The van der Waals surface area contributed by atoms with Gasteiger partial charge in [0.15, 0.2) is 0 Å². The van der Waals surface area contributed by atoms with Crippen LogP contribution in [0.15, 0.2) is 133 Å². The Morgan fingerprint density at radius 1 is 0.351 bits per heavy atom. The molecule has 172 valence electrons. The summed E-state index contributed by atoms with van der Waals surface area (Å²) in [5.74, 6) is 0. The number of hydrogen-bond acceptors (Lipinski definition) is 0. The van der Waals surface area contributed by atoms with Crippen molar-refractivity contribution in [1.29, 1.82) is 0 Å². The Bertz CT molecular complexity index is 1960. The van der Waals surface area contributed by atoms with Crippen LogP contribution in [-0.4, -0.2) is 0 Å². The highest BCUT2D eigenvalue weighted by Crippen LogP contribution is 2.43. The van der Waals surface area contributed by atoms with Crippen LogP contribution in [0.25, 0.3) is 65.7 Å². The van der Waals surface area contributed by atoms with Gasteiger partial charge in [-0.3, -0.25) is 0 Å². The van der Waals surface area contributed by atoms with E-state index in [9.17, 15) is 0 Å². The molecule has 0 spiro atoms. The van der Waals surface area contributed by atoms with Gasteiger partial charge in [0.25, 0.3) is 0 Å². The maximum atomic E-state index is 2.39. The van der Waals surface area contributed by atoms with E-state index in [0.29, 0.717) is 0 Å². The molecule has 0 atom stereocenters. The first kappa shape index (κ1) is 20.5. The Morgan fingerprint density at radius 2 is 0.838 bits per heavy atom. The van der Waals surface area contributed by atoms with Crippen LogP contribution in [0, 0.1) is 0 Å². The van der Waals surface area contributed by atoms with Gasteiger partial charge in [0.1, 0.15) is 0 Å². The quantitative estimate of drug-likeness (QED) is 0.221. The number of rotatable bonds is 2. The molecular weight excluding hydrogens is 444 g/mol. The lowest BCUT2D eigenvalue weighted by Crippen LogP contribution is -1.90. The van der Waals surface area contributed by atoms with E-state index in [1.807, 2.05) is 0 Å². The van der Waals surface area contributed by atoms with Gasteiger partial charge in [-0.05, 0) is 89.3 Å². The Labute approximate surface area is 216 Å². The third-order valence-electron chi connectivity index (χ3n) is 8.10. The molecule has 7 aromatic rings. The maximum Gasteiger partial charge on any atom is -0.000729 e. The molecule has 1 aliphatic rings. The summed E-state index contributed by atoms with van der Waals surface area (Å²) in [7, 11) is 0. The zero-order valence-corrected chi connectivity index (χ0v) is 20.4. The second-order valence-corrected chi connectivity index (χ2v) is 10.1. The van der Waals surface area contributed by atoms with Crippen LogP contribution >= 0.6 is 0 Å². The Hall–Kier alpha value is -4.68. The molecule has 0 heteroatoms. The normalized spacial score (nSPS) is 12.2. The van der Waals surface area contributed by atoms with Crippen molar-refractivity contribution in [3.8, 4) is 33.4 Å². The molecule has 0 radical (unpaired) electrons. The molecule has 1 aliphatic carbocycles. The van der Waals surface area contributed by atoms with E-state index >= 15 is 0 Å². The molecule has 0 nitrogen and oxygen atoms in total. The Kier molecular flexibility index (Phi) is 4.39. The molecule has 0 bridgehead atoms. The summed E-state index contributed by atoms with van der Waals surface area (Å²) in [6.07, 6.45) is 0.997. The van der Waals surface area contributed by atoms with Crippen LogP contribution in [0.2, 0.25) is 0 Å². The lowest BCUT2D eigenvalue weighted by molar-refractivity contribution is 1.26. The van der Waals surface area contributed by atoms with E-state index in [0.717, 1.165) is 6.42 Å². The molecule has 0 saturated heterocycles. The third-order valence-corrected chi connectivity index (χ3v) is 8.10. The number of fused-ring (bicyclic) bond motifs is 9. The summed E-state index contributed by atoms with van der Waals surface area (Å²) in [5.41, 5.74) is 10.8. The molecule has 0 saturated carbocycles. The van der Waals surface area contributed by atoms with Gasteiger partial charge in [-0.25, -0.2) is 0 Å². The first-order chi connectivity index (χ1) is 18.4. The fraction of sp³-hybridized carbons (Fsp3) is 0.0270. The van der Waals surface area contributed by atoms with Gasteiger partial charge in [0.05, 0.1) is 0 Å². The van der Waals surface area contributed by atoms with Crippen molar-refractivity contribution in [3.05, 3.63) is 145 Å². The fourth-order valence-electron chi connectivity index (χ4n) is 6.48. The zero-order valence-electron chi connectivity index (χ0n) is 20.4. The minimum absolute atomic E-state index is 0.997. The van der Waals surface area contributed by atoms with Crippen molar-refractivity contribution in [3.63, 3.8) is 0 Å². The average molecular weight is 469 g/mol. The van der Waals surface area contributed by atoms with Crippen LogP contribution in [0.5, 0.6) is 0 Å². The van der Waals surface area contributed by atoms with E-state index in [2.05, 4.69) is 133 Å². The molecule has 0 heterocycles. The zero-order chi connectivity index (χ0) is 24.3. The van der Waals surface area contributed by atoms with Crippen molar-refractivity contribution < 1.29 is 0 Å². The van der Waals surface area contributed by atoms with Crippen LogP contribution in [0.3, 0.4) is 0 Å². The standard InChI is InChI=1S/C37H24/c1-2-13-27-26(10-1)23-36-28(18-8-20-30(27)36)24-11-7-12-25(22-24)29-19-9-21-35-33-15-4-3-14-31(33)32-16-5-6-17-34(32)37(29)35/h1-22H,23H2. The van der Waals surface area contributed by atoms with E-state index in [1.165, 1.54) is 76.8 Å². The predicted octanol–water partition coefficient (Wildman–Crippen LogP) is 10.1. The van der Waals surface area contributed by atoms with Crippen molar-refractivity contribution >= 4 is 32.3 Å². The predicted molar refractivity (Wildman–Crippen MR) is 158 cm³/mol. The van der Waals surface area contributed by atoms with Gasteiger partial charge < -0.3 is 0 Å². The van der Waals surface area contributed by atoms with Crippen LogP contribution in [0.1, 0.15) is 11.1 Å². The molecule has 8 rings (SSSR count). The van der Waals surface area contributed by atoms with Crippen molar-refractivity contribution in [1.82, 2.24) is 0 Å². The molecule has 0 unspecified atom stereocenters. The topological polar surface area (TPSA) is 0 Å². The van der Waals surface area contributed by atoms with Crippen molar-refractivity contribution in [2.45, 2.75) is 6.42 Å². The first-order valence-corrected chi connectivity index (χ1v) is 13.0. The molecule has 0 aromatic heterocycles. The van der Waals surface area contributed by atoms with E-state index < -0.39 is 0 Å². The van der Waals surface area contributed by atoms with Crippen LogP contribution in [-0.2, 0) is 6.42 Å². The summed E-state index contributed by atoms with van der Waals surface area (Å²) < 4.78 is 0. The van der Waals surface area contributed by atoms with Crippen LogP contribution in [0.4, 0.5) is 0 Å². The van der Waals surface area contributed by atoms with Gasteiger partial charge in [-0.15, -0.1) is 0 Å². The van der Waals surface area contributed by atoms with Gasteiger partial charge in [-0.1, -0.05) is 127 Å². The smallest absolute Gasteiger partial charge is 0.000729 e. The highest BCUT2D eigenvalue weighted by Gasteiger charge is 2.21. The molecule has 7 aromatic carbocycles. The number of benzene rings is 7. The number of hydrogen-bond donors (Lipinski definition) is 0. The second kappa shape index (κ2) is 7.91. The van der Waals surface area contributed by atoms with Gasteiger partial charge >= 0.3 is 0 Å².